The van der Waals surface area contributed by atoms with Crippen LogP contribution in [0.3, 0.4) is 0 Å². The molecule has 2 nitrogen and oxygen atoms in total. The number of hydrogen-bond donors (Lipinski definition) is 0. The Hall–Kier alpha value is -2.91. The van der Waals surface area contributed by atoms with Crippen molar-refractivity contribution in [3.8, 4) is 0 Å². The molecule has 0 saturated heterocycles. The summed E-state index contributed by atoms with van der Waals surface area (Å²) in [5, 5.41) is 1.28. The lowest BCUT2D eigenvalue weighted by Gasteiger charge is -2.11. The fourth-order valence-electron chi connectivity index (χ4n) is 2.95. The van der Waals surface area contributed by atoms with Crippen LogP contribution in [0.1, 0.15) is 17.5 Å². The van der Waals surface area contributed by atoms with Gasteiger partial charge in [0.05, 0.1) is 0 Å². The molecule has 2 aromatic carbocycles. The summed E-state index contributed by atoms with van der Waals surface area (Å²) in [6, 6.07) is 17.1. The van der Waals surface area contributed by atoms with Gasteiger partial charge in [-0.15, -0.1) is 0 Å². The zero-order valence-electron chi connectivity index (χ0n) is 16.7. The molecule has 0 atom stereocenters. The van der Waals surface area contributed by atoms with Crippen LogP contribution in [-0.2, 0) is 6.54 Å². The molecule has 28 heavy (non-hydrogen) atoms. The van der Waals surface area contributed by atoms with E-state index in [9.17, 15) is 0 Å². The Morgan fingerprint density at radius 3 is 2.14 bits per heavy atom. The topological polar surface area (TPSA) is 7.12 Å². The largest absolute Gasteiger partial charge is 0.378 e. The van der Waals surface area contributed by atoms with E-state index in [1.807, 2.05) is 17.4 Å². The molecular weight excluding hydrogens is 360 g/mol. The van der Waals surface area contributed by atoms with E-state index in [1.165, 1.54) is 26.5 Å². The van der Waals surface area contributed by atoms with Gasteiger partial charge in [-0.2, -0.15) is 4.57 Å². The van der Waals surface area contributed by atoms with E-state index >= 15 is 0 Å². The molecule has 0 amide bonds. The summed E-state index contributed by atoms with van der Waals surface area (Å²) < 4.78 is 3.68. The standard InChI is InChI=1S/C25H27N2S/c1-4-27-23-14-11-12-15-24(23)28-25(27)16-10-8-6-5-7-9-13-21-17-19-22(20-18-21)26(2)3/h5-20H,4H2,1-3H3/q+1. The summed E-state index contributed by atoms with van der Waals surface area (Å²) in [5.41, 5.74) is 3.72. The molecule has 3 rings (SSSR count). The van der Waals surface area contributed by atoms with Crippen LogP contribution in [0.25, 0.3) is 22.4 Å². The zero-order valence-corrected chi connectivity index (χ0v) is 17.6. The Kier molecular flexibility index (Phi) is 6.99. The van der Waals surface area contributed by atoms with E-state index in [4.69, 9.17) is 0 Å². The minimum atomic E-state index is 0.980. The number of thiazole rings is 1. The highest BCUT2D eigenvalue weighted by molar-refractivity contribution is 7.18. The molecule has 142 valence electrons. The third-order valence-electron chi connectivity index (χ3n) is 4.45. The first kappa shape index (κ1) is 19.8. The van der Waals surface area contributed by atoms with Crippen LogP contribution in [-0.4, -0.2) is 14.1 Å². The molecule has 3 aromatic rings. The molecule has 0 bridgehead atoms. The van der Waals surface area contributed by atoms with Gasteiger partial charge >= 0.3 is 0 Å². The summed E-state index contributed by atoms with van der Waals surface area (Å²) in [6.07, 6.45) is 16.7. The van der Waals surface area contributed by atoms with Crippen LogP contribution >= 0.6 is 11.3 Å². The maximum Gasteiger partial charge on any atom is 0.262 e. The molecule has 0 spiro atoms. The smallest absolute Gasteiger partial charge is 0.262 e. The summed E-state index contributed by atoms with van der Waals surface area (Å²) in [4.78, 5) is 2.10. The minimum absolute atomic E-state index is 0.980. The van der Waals surface area contributed by atoms with Crippen molar-refractivity contribution in [2.45, 2.75) is 13.5 Å². The SMILES string of the molecule is CC[n+]1c(/C=C/C=C/C=C/C=C/c2ccc(N(C)C)cc2)sc2ccccc21. The summed E-state index contributed by atoms with van der Waals surface area (Å²) in [5.74, 6) is 0. The molecule has 0 N–H and O–H groups in total. The van der Waals surface area contributed by atoms with Crippen LogP contribution in [0.5, 0.6) is 0 Å². The predicted octanol–water partition coefficient (Wildman–Crippen LogP) is 6.11. The Bertz CT molecular complexity index is 1020. The first-order chi connectivity index (χ1) is 13.7. The van der Waals surface area contributed by atoms with Crippen molar-refractivity contribution in [1.29, 1.82) is 0 Å². The average molecular weight is 388 g/mol. The third-order valence-corrected chi connectivity index (χ3v) is 5.58. The quantitative estimate of drug-likeness (QED) is 0.350. The minimum Gasteiger partial charge on any atom is -0.378 e. The van der Waals surface area contributed by atoms with E-state index in [2.05, 4.69) is 122 Å². The number of fused-ring (bicyclic) bond motifs is 1. The summed E-state index contributed by atoms with van der Waals surface area (Å²) in [6.45, 7) is 3.17. The average Bonchev–Trinajstić information content (AvgIpc) is 3.07. The van der Waals surface area contributed by atoms with Crippen molar-refractivity contribution < 1.29 is 4.57 Å². The summed E-state index contributed by atoms with van der Waals surface area (Å²) >= 11 is 1.83. The number of para-hydroxylation sites is 1. The third kappa shape index (κ3) is 5.08. The Labute approximate surface area is 172 Å². The van der Waals surface area contributed by atoms with Crippen LogP contribution in [0.4, 0.5) is 5.69 Å². The van der Waals surface area contributed by atoms with Gasteiger partial charge in [0.25, 0.3) is 5.01 Å². The van der Waals surface area contributed by atoms with Crippen LogP contribution in [0.15, 0.2) is 85.0 Å². The highest BCUT2D eigenvalue weighted by atomic mass is 32.1. The van der Waals surface area contributed by atoms with Crippen LogP contribution in [0, 0.1) is 0 Å². The fourth-order valence-corrected chi connectivity index (χ4v) is 4.09. The Balaban J connectivity index is 1.56. The van der Waals surface area contributed by atoms with Gasteiger partial charge in [-0.25, -0.2) is 0 Å². The second-order valence-corrected chi connectivity index (χ2v) is 7.69. The number of anilines is 1. The van der Waals surface area contributed by atoms with E-state index in [0.717, 1.165) is 6.54 Å². The van der Waals surface area contributed by atoms with E-state index in [0.29, 0.717) is 0 Å². The second kappa shape index (κ2) is 9.86. The van der Waals surface area contributed by atoms with Crippen molar-refractivity contribution in [3.63, 3.8) is 0 Å². The molecule has 0 aliphatic carbocycles. The number of allylic oxidation sites excluding steroid dienone is 6. The number of nitrogens with zero attached hydrogens (tertiary/aromatic N) is 2. The lowest BCUT2D eigenvalue weighted by Crippen LogP contribution is -2.33. The zero-order chi connectivity index (χ0) is 19.8. The van der Waals surface area contributed by atoms with Gasteiger partial charge in [-0.3, -0.25) is 0 Å². The van der Waals surface area contributed by atoms with Crippen molar-refractivity contribution in [2.24, 2.45) is 0 Å². The van der Waals surface area contributed by atoms with Crippen molar-refractivity contribution in [1.82, 2.24) is 0 Å². The number of benzene rings is 2. The molecule has 0 aliphatic rings. The van der Waals surface area contributed by atoms with E-state index in [-0.39, 0.29) is 0 Å². The maximum absolute atomic E-state index is 2.35. The molecule has 1 aromatic heterocycles. The molecular formula is C25H27N2S+. The molecule has 0 radical (unpaired) electrons. The van der Waals surface area contributed by atoms with Gasteiger partial charge in [0.2, 0.25) is 5.52 Å². The van der Waals surface area contributed by atoms with Crippen LogP contribution in [0.2, 0.25) is 0 Å². The number of aryl methyl sites for hydroxylation is 1. The molecule has 0 saturated carbocycles. The van der Waals surface area contributed by atoms with Crippen molar-refractivity contribution >= 4 is 39.4 Å². The monoisotopic (exact) mass is 387 g/mol. The molecule has 0 unspecified atom stereocenters. The Morgan fingerprint density at radius 2 is 1.46 bits per heavy atom. The number of hydrogen-bond acceptors (Lipinski definition) is 2. The molecule has 3 heteroatoms. The summed E-state index contributed by atoms with van der Waals surface area (Å²) in [7, 11) is 4.10. The van der Waals surface area contributed by atoms with E-state index < -0.39 is 0 Å². The molecule has 0 fully saturated rings. The van der Waals surface area contributed by atoms with Gasteiger partial charge in [0, 0.05) is 31.9 Å². The van der Waals surface area contributed by atoms with Crippen LogP contribution < -0.4 is 9.47 Å². The first-order valence-electron chi connectivity index (χ1n) is 9.56. The normalized spacial score (nSPS) is 12.4. The molecule has 0 aliphatic heterocycles. The van der Waals surface area contributed by atoms with Gasteiger partial charge in [-0.1, -0.05) is 78.1 Å². The predicted molar refractivity (Wildman–Crippen MR) is 125 cm³/mol. The van der Waals surface area contributed by atoms with Gasteiger partial charge in [0.15, 0.2) is 0 Å². The number of aromatic nitrogens is 1. The highest BCUT2D eigenvalue weighted by Crippen LogP contribution is 2.21. The Morgan fingerprint density at radius 1 is 0.821 bits per heavy atom. The number of rotatable bonds is 7. The second-order valence-electron chi connectivity index (χ2n) is 6.63. The fraction of sp³-hybridized carbons (Fsp3) is 0.160. The van der Waals surface area contributed by atoms with Gasteiger partial charge in [-0.05, 0) is 30.7 Å². The van der Waals surface area contributed by atoms with Crippen molar-refractivity contribution in [3.05, 3.63) is 95.6 Å². The van der Waals surface area contributed by atoms with E-state index in [1.54, 1.807) is 0 Å². The maximum atomic E-state index is 2.35. The first-order valence-corrected chi connectivity index (χ1v) is 10.4. The van der Waals surface area contributed by atoms with Gasteiger partial charge < -0.3 is 4.90 Å². The van der Waals surface area contributed by atoms with Gasteiger partial charge in [0.1, 0.15) is 11.2 Å². The highest BCUT2D eigenvalue weighted by Gasteiger charge is 2.15. The van der Waals surface area contributed by atoms with Crippen molar-refractivity contribution in [2.75, 3.05) is 19.0 Å². The lowest BCUT2D eigenvalue weighted by atomic mass is 10.2. The molecule has 1 heterocycles. The lowest BCUT2D eigenvalue weighted by molar-refractivity contribution is -0.665.